The fourth-order valence-electron chi connectivity index (χ4n) is 1.69. The molecule has 0 saturated carbocycles. The molecule has 0 amide bonds. The van der Waals surface area contributed by atoms with Crippen molar-refractivity contribution in [2.75, 3.05) is 0 Å². The standard InChI is InChI=1S/C12H8N2S3/c15-10-4-2-1-3-8(10)11-9(7-14-17-11)12-13-5-6-16-12/h1-3,5-7H,4H2. The van der Waals surface area contributed by atoms with Gasteiger partial charge in [0.05, 0.1) is 11.1 Å². The van der Waals surface area contributed by atoms with Crippen LogP contribution >= 0.6 is 35.1 Å². The second-order valence-electron chi connectivity index (χ2n) is 3.54. The second-order valence-corrected chi connectivity index (χ2v) is 5.73. The monoisotopic (exact) mass is 276 g/mol. The van der Waals surface area contributed by atoms with Crippen LogP contribution in [0.25, 0.3) is 16.1 Å². The molecule has 1 aliphatic carbocycles. The number of thiocarbonyl (C=S) groups is 1. The lowest BCUT2D eigenvalue weighted by molar-refractivity contribution is 1.41. The number of rotatable bonds is 2. The van der Waals surface area contributed by atoms with Crippen molar-refractivity contribution in [3.63, 3.8) is 0 Å². The van der Waals surface area contributed by atoms with Gasteiger partial charge in [0, 0.05) is 34.0 Å². The highest BCUT2D eigenvalue weighted by Crippen LogP contribution is 2.35. The second kappa shape index (κ2) is 4.60. The Kier molecular flexibility index (Phi) is 2.96. The molecule has 3 rings (SSSR count). The third-order valence-electron chi connectivity index (χ3n) is 2.48. The van der Waals surface area contributed by atoms with Crippen molar-refractivity contribution in [3.05, 3.63) is 40.9 Å². The SMILES string of the molecule is S=C1CC=CC=C1c1sncc1-c1nccs1. The molecule has 2 heterocycles. The summed E-state index contributed by atoms with van der Waals surface area (Å²) in [5, 5.41) is 2.98. The zero-order chi connectivity index (χ0) is 11.7. The first-order valence-electron chi connectivity index (χ1n) is 5.11. The molecule has 0 radical (unpaired) electrons. The Morgan fingerprint density at radius 1 is 1.35 bits per heavy atom. The third-order valence-corrected chi connectivity index (χ3v) is 4.51. The van der Waals surface area contributed by atoms with Crippen LogP contribution in [0.5, 0.6) is 0 Å². The first kappa shape index (κ1) is 11.0. The van der Waals surface area contributed by atoms with Crippen LogP contribution in [0.4, 0.5) is 0 Å². The number of thiazole rings is 1. The molecule has 0 fully saturated rings. The van der Waals surface area contributed by atoms with Gasteiger partial charge < -0.3 is 0 Å². The lowest BCUT2D eigenvalue weighted by Crippen LogP contribution is -1.99. The smallest absolute Gasteiger partial charge is 0.126 e. The van der Waals surface area contributed by atoms with E-state index in [0.717, 1.165) is 32.3 Å². The fraction of sp³-hybridized carbons (Fsp3) is 0.0833. The van der Waals surface area contributed by atoms with E-state index >= 15 is 0 Å². The average Bonchev–Trinajstić information content (AvgIpc) is 3.00. The molecular weight excluding hydrogens is 268 g/mol. The van der Waals surface area contributed by atoms with Gasteiger partial charge in [0.1, 0.15) is 5.01 Å². The Morgan fingerprint density at radius 2 is 2.29 bits per heavy atom. The molecule has 0 N–H and O–H groups in total. The van der Waals surface area contributed by atoms with Crippen molar-refractivity contribution in [2.24, 2.45) is 0 Å². The van der Waals surface area contributed by atoms with E-state index in [1.54, 1.807) is 11.3 Å². The molecule has 5 heteroatoms. The maximum atomic E-state index is 5.41. The van der Waals surface area contributed by atoms with Crippen LogP contribution in [0.2, 0.25) is 0 Å². The average molecular weight is 276 g/mol. The van der Waals surface area contributed by atoms with Crippen molar-refractivity contribution in [1.29, 1.82) is 0 Å². The van der Waals surface area contributed by atoms with E-state index in [0.29, 0.717) is 0 Å². The van der Waals surface area contributed by atoms with E-state index in [9.17, 15) is 0 Å². The van der Waals surface area contributed by atoms with Crippen LogP contribution in [0.15, 0.2) is 36.0 Å². The summed E-state index contributed by atoms with van der Waals surface area (Å²) in [6.45, 7) is 0. The van der Waals surface area contributed by atoms with Gasteiger partial charge in [0.15, 0.2) is 0 Å². The predicted molar refractivity (Wildman–Crippen MR) is 77.6 cm³/mol. The van der Waals surface area contributed by atoms with Crippen molar-refractivity contribution < 1.29 is 0 Å². The quantitative estimate of drug-likeness (QED) is 0.776. The normalized spacial score (nSPS) is 15.1. The Labute approximate surface area is 113 Å². The van der Waals surface area contributed by atoms with Crippen molar-refractivity contribution in [1.82, 2.24) is 9.36 Å². The minimum absolute atomic E-state index is 0.844. The Balaban J connectivity index is 2.11. The lowest BCUT2D eigenvalue weighted by Gasteiger charge is -2.09. The predicted octanol–water partition coefficient (Wildman–Crippen LogP) is 3.98. The van der Waals surface area contributed by atoms with Crippen LogP contribution in [0.1, 0.15) is 11.3 Å². The molecule has 84 valence electrons. The third kappa shape index (κ3) is 2.01. The van der Waals surface area contributed by atoms with Crippen molar-refractivity contribution in [2.45, 2.75) is 6.42 Å². The van der Waals surface area contributed by atoms with E-state index in [2.05, 4.69) is 27.6 Å². The molecule has 2 nitrogen and oxygen atoms in total. The van der Waals surface area contributed by atoms with E-state index in [1.165, 1.54) is 11.5 Å². The van der Waals surface area contributed by atoms with E-state index in [4.69, 9.17) is 12.2 Å². The number of hydrogen-bond acceptors (Lipinski definition) is 5. The summed E-state index contributed by atoms with van der Waals surface area (Å²) in [6, 6.07) is 0. The maximum Gasteiger partial charge on any atom is 0.126 e. The zero-order valence-corrected chi connectivity index (χ0v) is 11.2. The Morgan fingerprint density at radius 3 is 3.06 bits per heavy atom. The minimum atomic E-state index is 0.844. The van der Waals surface area contributed by atoms with Gasteiger partial charge in [-0.3, -0.25) is 0 Å². The zero-order valence-electron chi connectivity index (χ0n) is 8.79. The van der Waals surface area contributed by atoms with Crippen LogP contribution in [0, 0.1) is 0 Å². The topological polar surface area (TPSA) is 25.8 Å². The molecule has 0 unspecified atom stereocenters. The van der Waals surface area contributed by atoms with Crippen LogP contribution in [-0.2, 0) is 0 Å². The Hall–Kier alpha value is -1.17. The van der Waals surface area contributed by atoms with Crippen molar-refractivity contribution in [3.8, 4) is 10.6 Å². The highest BCUT2D eigenvalue weighted by Gasteiger charge is 2.17. The van der Waals surface area contributed by atoms with Gasteiger partial charge in [-0.25, -0.2) is 4.98 Å². The van der Waals surface area contributed by atoms with Gasteiger partial charge >= 0.3 is 0 Å². The molecule has 2 aromatic heterocycles. The van der Waals surface area contributed by atoms with Gasteiger partial charge in [-0.2, -0.15) is 4.37 Å². The molecule has 2 aromatic rings. The Bertz CT molecular complexity index is 605. The summed E-state index contributed by atoms with van der Waals surface area (Å²) in [7, 11) is 0. The van der Waals surface area contributed by atoms with Crippen molar-refractivity contribution >= 4 is 45.5 Å². The van der Waals surface area contributed by atoms with E-state index < -0.39 is 0 Å². The first-order chi connectivity index (χ1) is 8.36. The van der Waals surface area contributed by atoms with Gasteiger partial charge in [0.2, 0.25) is 0 Å². The number of nitrogens with zero attached hydrogens (tertiary/aromatic N) is 2. The van der Waals surface area contributed by atoms with E-state index in [-0.39, 0.29) is 0 Å². The molecule has 0 aliphatic heterocycles. The van der Waals surface area contributed by atoms with Crippen LogP contribution in [-0.4, -0.2) is 14.2 Å². The molecular formula is C12H8N2S3. The van der Waals surface area contributed by atoms with Gasteiger partial charge in [-0.1, -0.05) is 30.4 Å². The summed E-state index contributed by atoms with van der Waals surface area (Å²) < 4.78 is 4.27. The summed E-state index contributed by atoms with van der Waals surface area (Å²) in [6.07, 6.45) is 10.7. The minimum Gasteiger partial charge on any atom is -0.244 e. The molecule has 0 bridgehead atoms. The van der Waals surface area contributed by atoms with Gasteiger partial charge in [-0.05, 0) is 11.5 Å². The molecule has 1 aliphatic rings. The lowest BCUT2D eigenvalue weighted by atomic mass is 10.0. The van der Waals surface area contributed by atoms with Crippen LogP contribution < -0.4 is 0 Å². The first-order valence-corrected chi connectivity index (χ1v) is 7.17. The molecule has 0 spiro atoms. The largest absolute Gasteiger partial charge is 0.244 e. The summed E-state index contributed by atoms with van der Waals surface area (Å²) in [4.78, 5) is 6.45. The van der Waals surface area contributed by atoms with Gasteiger partial charge in [0.25, 0.3) is 0 Å². The molecule has 0 atom stereocenters. The summed E-state index contributed by atoms with van der Waals surface area (Å²) in [5.74, 6) is 0. The molecule has 0 saturated heterocycles. The van der Waals surface area contributed by atoms with E-state index in [1.807, 2.05) is 17.8 Å². The van der Waals surface area contributed by atoms with Gasteiger partial charge in [-0.15, -0.1) is 11.3 Å². The highest BCUT2D eigenvalue weighted by molar-refractivity contribution is 7.81. The molecule has 0 aromatic carbocycles. The molecule has 17 heavy (non-hydrogen) atoms. The summed E-state index contributed by atoms with van der Waals surface area (Å²) >= 11 is 8.52. The highest BCUT2D eigenvalue weighted by atomic mass is 32.1. The number of allylic oxidation sites excluding steroid dienone is 4. The number of hydrogen-bond donors (Lipinski definition) is 0. The number of aromatic nitrogens is 2. The fourth-order valence-corrected chi connectivity index (χ4v) is 3.54. The maximum absolute atomic E-state index is 5.41. The summed E-state index contributed by atoms with van der Waals surface area (Å²) in [5.41, 5.74) is 2.21. The van der Waals surface area contributed by atoms with Crippen LogP contribution in [0.3, 0.4) is 0 Å².